The predicted octanol–water partition coefficient (Wildman–Crippen LogP) is 0.459. The van der Waals surface area contributed by atoms with Crippen LogP contribution in [0.2, 0.25) is 0 Å². The van der Waals surface area contributed by atoms with Crippen LogP contribution in [0.5, 0.6) is 0 Å². The van der Waals surface area contributed by atoms with E-state index >= 15 is 0 Å². The summed E-state index contributed by atoms with van der Waals surface area (Å²) in [5, 5.41) is 34.9. The number of rotatable bonds is 9. The van der Waals surface area contributed by atoms with E-state index in [0.29, 0.717) is 6.42 Å². The Kier molecular flexibility index (Phi) is 7.89. The van der Waals surface area contributed by atoms with Crippen LogP contribution in [0.3, 0.4) is 0 Å². The molecule has 2 atom stereocenters. The van der Waals surface area contributed by atoms with Crippen molar-refractivity contribution in [2.45, 2.75) is 58.2 Å². The van der Waals surface area contributed by atoms with Gasteiger partial charge in [0.25, 0.3) is 0 Å². The molecule has 0 radical (unpaired) electrons. The number of hydrogen-bond acceptors (Lipinski definition) is 5. The van der Waals surface area contributed by atoms with Gasteiger partial charge in [0.2, 0.25) is 5.91 Å². The highest BCUT2D eigenvalue weighted by Crippen LogP contribution is 2.12. The highest BCUT2D eigenvalue weighted by atomic mass is 16.4. The SMILES string of the molecule is CC(C)C[C@H](NC(O)C(C)(C)NC(=O)Cc1ccccc1)B(O)O. The van der Waals surface area contributed by atoms with Crippen molar-refractivity contribution in [3.8, 4) is 0 Å². The molecule has 0 aliphatic carbocycles. The molecule has 0 fully saturated rings. The van der Waals surface area contributed by atoms with Crippen molar-refractivity contribution in [3.05, 3.63) is 35.9 Å². The van der Waals surface area contributed by atoms with Crippen molar-refractivity contribution >= 4 is 13.0 Å². The maximum absolute atomic E-state index is 12.2. The van der Waals surface area contributed by atoms with Gasteiger partial charge < -0.3 is 20.5 Å². The minimum Gasteiger partial charge on any atom is -0.426 e. The second kappa shape index (κ2) is 9.18. The van der Waals surface area contributed by atoms with Crippen molar-refractivity contribution in [2.75, 3.05) is 0 Å². The maximum Gasteiger partial charge on any atom is 0.469 e. The number of carbonyl (C=O) groups excluding carboxylic acids is 1. The summed E-state index contributed by atoms with van der Waals surface area (Å²) >= 11 is 0. The molecule has 0 aliphatic rings. The molecule has 24 heavy (non-hydrogen) atoms. The van der Waals surface area contributed by atoms with Gasteiger partial charge in [-0.3, -0.25) is 10.1 Å². The summed E-state index contributed by atoms with van der Waals surface area (Å²) in [5.74, 6) is -0.658. The van der Waals surface area contributed by atoms with Crippen molar-refractivity contribution < 1.29 is 19.9 Å². The summed E-state index contributed by atoms with van der Waals surface area (Å²) in [6.07, 6.45) is -0.416. The Morgan fingerprint density at radius 3 is 2.29 bits per heavy atom. The van der Waals surface area contributed by atoms with Gasteiger partial charge in [-0.05, 0) is 31.7 Å². The number of aliphatic hydroxyl groups is 1. The first-order valence-corrected chi connectivity index (χ1v) is 8.27. The van der Waals surface area contributed by atoms with Gasteiger partial charge in [0, 0.05) is 5.94 Å². The summed E-state index contributed by atoms with van der Waals surface area (Å²) in [6, 6.07) is 9.34. The molecule has 5 N–H and O–H groups in total. The van der Waals surface area contributed by atoms with E-state index in [9.17, 15) is 19.9 Å². The third-order valence-corrected chi connectivity index (χ3v) is 3.81. The van der Waals surface area contributed by atoms with Gasteiger partial charge >= 0.3 is 7.12 Å². The van der Waals surface area contributed by atoms with E-state index in [1.54, 1.807) is 13.8 Å². The first-order chi connectivity index (χ1) is 11.1. The number of benzene rings is 1. The molecule has 1 unspecified atom stereocenters. The lowest BCUT2D eigenvalue weighted by Gasteiger charge is -2.35. The van der Waals surface area contributed by atoms with Gasteiger partial charge in [-0.1, -0.05) is 44.2 Å². The molecule has 0 aliphatic heterocycles. The lowest BCUT2D eigenvalue weighted by atomic mass is 9.74. The summed E-state index contributed by atoms with van der Waals surface area (Å²) in [7, 11) is -1.59. The van der Waals surface area contributed by atoms with Crippen molar-refractivity contribution in [1.82, 2.24) is 10.6 Å². The predicted molar refractivity (Wildman–Crippen MR) is 94.9 cm³/mol. The molecule has 0 spiro atoms. The number of carbonyl (C=O) groups is 1. The average Bonchev–Trinajstić information content (AvgIpc) is 2.46. The average molecular weight is 336 g/mol. The van der Waals surface area contributed by atoms with Crippen LogP contribution in [0.25, 0.3) is 0 Å². The molecule has 0 saturated heterocycles. The second-order valence-corrected chi connectivity index (χ2v) is 7.15. The van der Waals surface area contributed by atoms with E-state index in [0.717, 1.165) is 5.56 Å². The molecule has 134 valence electrons. The zero-order chi connectivity index (χ0) is 18.3. The minimum atomic E-state index is -1.59. The van der Waals surface area contributed by atoms with E-state index in [1.807, 2.05) is 44.2 Å². The Bertz CT molecular complexity index is 509. The second-order valence-electron chi connectivity index (χ2n) is 7.15. The molecule has 6 nitrogen and oxygen atoms in total. The van der Waals surface area contributed by atoms with E-state index in [4.69, 9.17) is 0 Å². The van der Waals surface area contributed by atoms with Crippen LogP contribution in [0.15, 0.2) is 30.3 Å². The monoisotopic (exact) mass is 336 g/mol. The minimum absolute atomic E-state index is 0.211. The topological polar surface area (TPSA) is 102 Å². The molecular formula is C17H29BN2O4. The molecule has 1 aromatic rings. The summed E-state index contributed by atoms with van der Waals surface area (Å²) < 4.78 is 0. The van der Waals surface area contributed by atoms with E-state index in [-0.39, 0.29) is 18.2 Å². The molecule has 1 aromatic carbocycles. The maximum atomic E-state index is 12.2. The summed E-state index contributed by atoms with van der Waals surface area (Å²) in [5.41, 5.74) is -0.0765. The lowest BCUT2D eigenvalue weighted by Crippen LogP contribution is -2.62. The van der Waals surface area contributed by atoms with Crippen LogP contribution in [-0.4, -0.2) is 45.9 Å². The Morgan fingerprint density at radius 2 is 1.79 bits per heavy atom. The van der Waals surface area contributed by atoms with E-state index < -0.39 is 24.8 Å². The zero-order valence-electron chi connectivity index (χ0n) is 14.9. The van der Waals surface area contributed by atoms with Crippen LogP contribution < -0.4 is 10.6 Å². The normalized spacial score (nSPS) is 14.3. The lowest BCUT2D eigenvalue weighted by molar-refractivity contribution is -0.123. The van der Waals surface area contributed by atoms with Crippen molar-refractivity contribution in [2.24, 2.45) is 5.92 Å². The van der Waals surface area contributed by atoms with Crippen LogP contribution >= 0.6 is 0 Å². The first-order valence-electron chi connectivity index (χ1n) is 8.27. The fourth-order valence-electron chi connectivity index (χ4n) is 2.45. The van der Waals surface area contributed by atoms with Crippen LogP contribution in [0.1, 0.15) is 39.7 Å². The number of nitrogens with one attached hydrogen (secondary N) is 2. The molecule has 1 amide bonds. The Labute approximate surface area is 144 Å². The van der Waals surface area contributed by atoms with E-state index in [1.165, 1.54) is 0 Å². The smallest absolute Gasteiger partial charge is 0.426 e. The standard InChI is InChI=1S/C17H29BN2O4/c1-12(2)10-14(18(23)24)19-16(22)17(3,4)20-15(21)11-13-8-6-5-7-9-13/h5-9,12,14,16,19,22-24H,10-11H2,1-4H3,(H,20,21)/t14-,16?/m0/s1. The van der Waals surface area contributed by atoms with Gasteiger partial charge in [0.05, 0.1) is 12.0 Å². The number of hydrogen-bond donors (Lipinski definition) is 5. The fraction of sp³-hybridized carbons (Fsp3) is 0.588. The van der Waals surface area contributed by atoms with Gasteiger partial charge in [-0.25, -0.2) is 0 Å². The van der Waals surface area contributed by atoms with Gasteiger partial charge in [-0.15, -0.1) is 0 Å². The highest BCUT2D eigenvalue weighted by molar-refractivity contribution is 6.43. The van der Waals surface area contributed by atoms with Crippen LogP contribution in [0, 0.1) is 5.92 Å². The molecule has 1 rings (SSSR count). The molecule has 0 aromatic heterocycles. The van der Waals surface area contributed by atoms with Gasteiger partial charge in [0.15, 0.2) is 0 Å². The quantitative estimate of drug-likeness (QED) is 0.333. The Morgan fingerprint density at radius 1 is 1.21 bits per heavy atom. The molecule has 0 saturated carbocycles. The zero-order valence-corrected chi connectivity index (χ0v) is 14.9. The summed E-state index contributed by atoms with van der Waals surface area (Å²) in [4.78, 5) is 12.2. The van der Waals surface area contributed by atoms with Crippen molar-refractivity contribution in [1.29, 1.82) is 0 Å². The van der Waals surface area contributed by atoms with Crippen LogP contribution in [-0.2, 0) is 11.2 Å². The van der Waals surface area contributed by atoms with Crippen LogP contribution in [0.4, 0.5) is 0 Å². The Balaban J connectivity index is 2.63. The highest BCUT2D eigenvalue weighted by Gasteiger charge is 2.34. The Hall–Kier alpha value is -1.41. The first kappa shape index (κ1) is 20.6. The molecular weight excluding hydrogens is 307 g/mol. The number of amides is 1. The summed E-state index contributed by atoms with van der Waals surface area (Å²) in [6.45, 7) is 7.28. The van der Waals surface area contributed by atoms with Gasteiger partial charge in [0.1, 0.15) is 6.23 Å². The largest absolute Gasteiger partial charge is 0.469 e. The van der Waals surface area contributed by atoms with Gasteiger partial charge in [-0.2, -0.15) is 0 Å². The van der Waals surface area contributed by atoms with E-state index in [2.05, 4.69) is 10.6 Å². The third kappa shape index (κ3) is 7.01. The number of aliphatic hydroxyl groups excluding tert-OH is 1. The fourth-order valence-corrected chi connectivity index (χ4v) is 2.45. The third-order valence-electron chi connectivity index (χ3n) is 3.81. The van der Waals surface area contributed by atoms with Crippen molar-refractivity contribution in [3.63, 3.8) is 0 Å². The molecule has 7 heteroatoms. The molecule has 0 heterocycles. The molecule has 0 bridgehead atoms.